The normalized spacial score (nSPS) is 16.1. The molecule has 0 aliphatic carbocycles. The van der Waals surface area contributed by atoms with Gasteiger partial charge in [0.05, 0.1) is 6.04 Å². The Kier molecular flexibility index (Phi) is 7.82. The highest BCUT2D eigenvalue weighted by Gasteiger charge is 2.29. The van der Waals surface area contributed by atoms with E-state index in [9.17, 15) is 14.0 Å². The molecule has 2 amide bonds. The van der Waals surface area contributed by atoms with Gasteiger partial charge >= 0.3 is 0 Å². The lowest BCUT2D eigenvalue weighted by atomic mass is 9.94. The number of likely N-dealkylation sites (tertiary alicyclic amines) is 1. The fraction of sp³-hybridized carbons (Fsp3) is 0.391. The van der Waals surface area contributed by atoms with Gasteiger partial charge in [0.15, 0.2) is 0 Å². The molecule has 160 valence electrons. The summed E-state index contributed by atoms with van der Waals surface area (Å²) in [5, 5.41) is 6.38. The molecule has 0 radical (unpaired) electrons. The molecule has 1 aliphatic heterocycles. The topological polar surface area (TPSA) is 61.4 Å². The number of piperidine rings is 1. The van der Waals surface area contributed by atoms with Crippen LogP contribution in [0.2, 0.25) is 5.02 Å². The summed E-state index contributed by atoms with van der Waals surface area (Å²) >= 11 is 5.96. The van der Waals surface area contributed by atoms with E-state index in [0.29, 0.717) is 55.2 Å². The minimum Gasteiger partial charge on any atom is -0.356 e. The van der Waals surface area contributed by atoms with E-state index < -0.39 is 0 Å². The van der Waals surface area contributed by atoms with Crippen LogP contribution in [-0.2, 0) is 16.0 Å². The van der Waals surface area contributed by atoms with Crippen molar-refractivity contribution < 1.29 is 14.0 Å². The maximum atomic E-state index is 13.7. The molecule has 30 heavy (non-hydrogen) atoms. The van der Waals surface area contributed by atoms with Crippen LogP contribution in [0.5, 0.6) is 0 Å². The molecule has 1 unspecified atom stereocenters. The van der Waals surface area contributed by atoms with Gasteiger partial charge in [0.2, 0.25) is 11.8 Å². The number of anilines is 1. The van der Waals surface area contributed by atoms with Gasteiger partial charge in [0.25, 0.3) is 0 Å². The van der Waals surface area contributed by atoms with Crippen molar-refractivity contribution in [2.45, 2.75) is 32.2 Å². The molecule has 5 nitrogen and oxygen atoms in total. The van der Waals surface area contributed by atoms with Crippen molar-refractivity contribution in [1.82, 2.24) is 10.2 Å². The molecule has 1 heterocycles. The van der Waals surface area contributed by atoms with E-state index in [4.69, 9.17) is 11.6 Å². The molecule has 1 saturated heterocycles. The average molecular weight is 432 g/mol. The van der Waals surface area contributed by atoms with Crippen LogP contribution >= 0.6 is 11.6 Å². The molecule has 2 N–H and O–H groups in total. The molecular weight excluding hydrogens is 405 g/mol. The number of rotatable bonds is 7. The molecule has 1 atom stereocenters. The maximum absolute atomic E-state index is 13.7. The highest BCUT2D eigenvalue weighted by atomic mass is 35.5. The van der Waals surface area contributed by atoms with Crippen LogP contribution in [0.1, 0.15) is 25.3 Å². The van der Waals surface area contributed by atoms with E-state index in [1.54, 1.807) is 42.5 Å². The Hall–Kier alpha value is -2.44. The number of hydrogen-bond acceptors (Lipinski definition) is 3. The first-order valence-corrected chi connectivity index (χ1v) is 10.6. The van der Waals surface area contributed by atoms with Gasteiger partial charge in [-0.05, 0) is 69.1 Å². The minimum atomic E-state index is -0.297. The molecular formula is C23H27ClFN3O2. The first-order valence-electron chi connectivity index (χ1n) is 10.3. The van der Waals surface area contributed by atoms with Crippen LogP contribution in [0, 0.1) is 11.7 Å². The van der Waals surface area contributed by atoms with Gasteiger partial charge in [0.1, 0.15) is 5.82 Å². The van der Waals surface area contributed by atoms with Gasteiger partial charge in [-0.25, -0.2) is 4.39 Å². The number of hydrogen-bond donors (Lipinski definition) is 2. The van der Waals surface area contributed by atoms with E-state index in [1.165, 1.54) is 6.07 Å². The lowest BCUT2D eigenvalue weighted by Crippen LogP contribution is -2.48. The summed E-state index contributed by atoms with van der Waals surface area (Å²) in [5.74, 6) is -0.415. The molecule has 1 aliphatic rings. The first kappa shape index (κ1) is 22.2. The van der Waals surface area contributed by atoms with E-state index in [-0.39, 0.29) is 29.6 Å². The predicted molar refractivity (Wildman–Crippen MR) is 117 cm³/mol. The standard InChI is InChI=1S/C23H27ClFN3O2/c1-16(22(29)27-20-7-4-6-19(24)15-20)28-13-10-18(11-14-28)23(30)26-12-9-17-5-2-3-8-21(17)25/h2-8,15-16,18H,9-14H2,1H3,(H,26,30)(H,27,29). The number of carbonyl (C=O) groups is 2. The van der Waals surface area contributed by atoms with Crippen molar-refractivity contribution in [1.29, 1.82) is 0 Å². The molecule has 2 aromatic carbocycles. The SMILES string of the molecule is CC(C(=O)Nc1cccc(Cl)c1)N1CCC(C(=O)NCCc2ccccc2F)CC1. The quantitative estimate of drug-likeness (QED) is 0.699. The van der Waals surface area contributed by atoms with Crippen molar-refractivity contribution in [2.24, 2.45) is 5.92 Å². The molecule has 0 saturated carbocycles. The Morgan fingerprint density at radius 1 is 1.17 bits per heavy atom. The van der Waals surface area contributed by atoms with Gasteiger partial charge in [-0.1, -0.05) is 35.9 Å². The number of amides is 2. The molecule has 0 aromatic heterocycles. The summed E-state index contributed by atoms with van der Waals surface area (Å²) in [6, 6.07) is 13.4. The van der Waals surface area contributed by atoms with Gasteiger partial charge in [-0.3, -0.25) is 14.5 Å². The summed E-state index contributed by atoms with van der Waals surface area (Å²) in [6.45, 7) is 3.64. The second-order valence-electron chi connectivity index (χ2n) is 7.62. The summed E-state index contributed by atoms with van der Waals surface area (Å²) < 4.78 is 13.7. The molecule has 7 heteroatoms. The van der Waals surface area contributed by atoms with E-state index in [1.807, 2.05) is 6.92 Å². The van der Waals surface area contributed by atoms with Crippen LogP contribution in [-0.4, -0.2) is 42.4 Å². The number of carbonyl (C=O) groups excluding carboxylic acids is 2. The van der Waals surface area contributed by atoms with Crippen molar-refractivity contribution in [3.63, 3.8) is 0 Å². The highest BCUT2D eigenvalue weighted by Crippen LogP contribution is 2.21. The predicted octanol–water partition coefficient (Wildman–Crippen LogP) is 3.88. The zero-order valence-electron chi connectivity index (χ0n) is 17.0. The Morgan fingerprint density at radius 3 is 2.60 bits per heavy atom. The monoisotopic (exact) mass is 431 g/mol. The molecule has 1 fully saturated rings. The first-order chi connectivity index (χ1) is 14.4. The minimum absolute atomic E-state index is 0.00187. The van der Waals surface area contributed by atoms with Crippen molar-refractivity contribution in [2.75, 3.05) is 25.0 Å². The van der Waals surface area contributed by atoms with Crippen molar-refractivity contribution >= 4 is 29.1 Å². The maximum Gasteiger partial charge on any atom is 0.241 e. The van der Waals surface area contributed by atoms with Crippen LogP contribution < -0.4 is 10.6 Å². The second-order valence-corrected chi connectivity index (χ2v) is 8.05. The zero-order chi connectivity index (χ0) is 21.5. The second kappa shape index (κ2) is 10.5. The third-order valence-corrected chi connectivity index (χ3v) is 5.81. The number of benzene rings is 2. The molecule has 0 spiro atoms. The molecule has 0 bridgehead atoms. The smallest absolute Gasteiger partial charge is 0.241 e. The van der Waals surface area contributed by atoms with Crippen LogP contribution in [0.4, 0.5) is 10.1 Å². The molecule has 3 rings (SSSR count). The van der Waals surface area contributed by atoms with Crippen molar-refractivity contribution in [3.05, 3.63) is 64.9 Å². The van der Waals surface area contributed by atoms with Crippen LogP contribution in [0.15, 0.2) is 48.5 Å². The van der Waals surface area contributed by atoms with Gasteiger partial charge in [-0.15, -0.1) is 0 Å². The van der Waals surface area contributed by atoms with E-state index in [0.717, 1.165) is 0 Å². The third kappa shape index (κ3) is 6.03. The summed E-state index contributed by atoms with van der Waals surface area (Å²) in [5.41, 5.74) is 1.27. The van der Waals surface area contributed by atoms with Crippen molar-refractivity contribution in [3.8, 4) is 0 Å². The number of halogens is 2. The summed E-state index contributed by atoms with van der Waals surface area (Å²) in [7, 11) is 0. The Bertz CT molecular complexity index is 884. The Labute approximate surface area is 181 Å². The van der Waals surface area contributed by atoms with Gasteiger partial charge in [-0.2, -0.15) is 0 Å². The number of nitrogens with zero attached hydrogens (tertiary/aromatic N) is 1. The fourth-order valence-electron chi connectivity index (χ4n) is 3.69. The average Bonchev–Trinajstić information content (AvgIpc) is 2.74. The van der Waals surface area contributed by atoms with E-state index in [2.05, 4.69) is 15.5 Å². The molecule has 2 aromatic rings. The van der Waals surface area contributed by atoms with E-state index >= 15 is 0 Å². The number of nitrogens with one attached hydrogen (secondary N) is 2. The Balaban J connectivity index is 1.41. The lowest BCUT2D eigenvalue weighted by Gasteiger charge is -2.34. The van der Waals surface area contributed by atoms with Crippen LogP contribution in [0.25, 0.3) is 0 Å². The Morgan fingerprint density at radius 2 is 1.90 bits per heavy atom. The fourth-order valence-corrected chi connectivity index (χ4v) is 3.88. The van der Waals surface area contributed by atoms with Gasteiger partial charge < -0.3 is 10.6 Å². The summed E-state index contributed by atoms with van der Waals surface area (Å²) in [4.78, 5) is 27.1. The highest BCUT2D eigenvalue weighted by molar-refractivity contribution is 6.30. The van der Waals surface area contributed by atoms with Gasteiger partial charge in [0, 0.05) is 23.2 Å². The lowest BCUT2D eigenvalue weighted by molar-refractivity contribution is -0.127. The largest absolute Gasteiger partial charge is 0.356 e. The summed E-state index contributed by atoms with van der Waals surface area (Å²) in [6.07, 6.45) is 1.86. The third-order valence-electron chi connectivity index (χ3n) is 5.57. The van der Waals surface area contributed by atoms with Crippen LogP contribution in [0.3, 0.4) is 0 Å². The zero-order valence-corrected chi connectivity index (χ0v) is 17.8.